The second-order valence-electron chi connectivity index (χ2n) is 6.87. The summed E-state index contributed by atoms with van der Waals surface area (Å²) >= 11 is 0. The molecule has 1 saturated heterocycles. The van der Waals surface area contributed by atoms with E-state index < -0.39 is 35.4 Å². The van der Waals surface area contributed by atoms with E-state index in [1.165, 1.54) is 13.2 Å². The number of halogens is 4. The van der Waals surface area contributed by atoms with E-state index in [0.717, 1.165) is 31.0 Å². The number of nitrogens with zero attached hydrogens (tertiary/aromatic N) is 2. The number of methoxy groups -OCH3 is 1. The highest BCUT2D eigenvalue weighted by molar-refractivity contribution is 5.92. The Morgan fingerprint density at radius 2 is 2.00 bits per heavy atom. The van der Waals surface area contributed by atoms with Crippen LogP contribution in [-0.2, 0) is 4.74 Å². The molecule has 1 aromatic heterocycles. The fourth-order valence-corrected chi connectivity index (χ4v) is 3.20. The molecule has 1 atom stereocenters. The molecule has 8 nitrogen and oxygen atoms in total. The van der Waals surface area contributed by atoms with Crippen molar-refractivity contribution in [2.24, 2.45) is 0 Å². The van der Waals surface area contributed by atoms with Crippen LogP contribution in [0.1, 0.15) is 34.9 Å². The topological polar surface area (TPSA) is 96.5 Å². The third-order valence-corrected chi connectivity index (χ3v) is 4.59. The van der Waals surface area contributed by atoms with Crippen molar-refractivity contribution >= 4 is 11.9 Å². The fraction of sp³-hybridized carbons (Fsp3) is 0.421. The maximum absolute atomic E-state index is 14.1. The normalized spacial score (nSPS) is 15.1. The van der Waals surface area contributed by atoms with Gasteiger partial charge >= 0.3 is 6.36 Å². The van der Waals surface area contributed by atoms with Gasteiger partial charge in [0, 0.05) is 26.3 Å². The SMILES string of the molecule is COC[C@@H](NC(=O)c1cc(=O)[nH]c(N2CCCC2)n1)c1ccc(OC(F)(F)F)c(F)c1. The second kappa shape index (κ2) is 9.33. The zero-order valence-corrected chi connectivity index (χ0v) is 16.5. The van der Waals surface area contributed by atoms with Crippen LogP contribution in [0.25, 0.3) is 0 Å². The molecule has 1 aliphatic rings. The molecule has 168 valence electrons. The predicted molar refractivity (Wildman–Crippen MR) is 101 cm³/mol. The van der Waals surface area contributed by atoms with Gasteiger partial charge in [-0.15, -0.1) is 13.2 Å². The fourth-order valence-electron chi connectivity index (χ4n) is 3.20. The molecule has 1 aliphatic heterocycles. The molecule has 2 aromatic rings. The summed E-state index contributed by atoms with van der Waals surface area (Å²) in [5.74, 6) is -2.69. The molecule has 31 heavy (non-hydrogen) atoms. The second-order valence-corrected chi connectivity index (χ2v) is 6.87. The minimum atomic E-state index is -5.04. The van der Waals surface area contributed by atoms with Gasteiger partial charge in [0.05, 0.1) is 12.6 Å². The van der Waals surface area contributed by atoms with Crippen molar-refractivity contribution in [3.8, 4) is 5.75 Å². The third kappa shape index (κ3) is 5.94. The molecule has 0 radical (unpaired) electrons. The van der Waals surface area contributed by atoms with Gasteiger partial charge in [-0.3, -0.25) is 14.6 Å². The van der Waals surface area contributed by atoms with E-state index in [1.54, 1.807) is 0 Å². The number of benzene rings is 1. The number of nitrogens with one attached hydrogen (secondary N) is 2. The predicted octanol–water partition coefficient (Wildman–Crippen LogP) is 2.53. The van der Waals surface area contributed by atoms with Crippen LogP contribution in [0.5, 0.6) is 5.75 Å². The van der Waals surface area contributed by atoms with Crippen molar-refractivity contribution in [3.05, 3.63) is 51.7 Å². The highest BCUT2D eigenvalue weighted by Crippen LogP contribution is 2.28. The first-order valence-corrected chi connectivity index (χ1v) is 9.37. The van der Waals surface area contributed by atoms with Crippen LogP contribution in [0.15, 0.2) is 29.1 Å². The first kappa shape index (κ1) is 22.5. The number of ether oxygens (including phenoxy) is 2. The first-order valence-electron chi connectivity index (χ1n) is 9.37. The minimum absolute atomic E-state index is 0.104. The maximum Gasteiger partial charge on any atom is 0.573 e. The lowest BCUT2D eigenvalue weighted by molar-refractivity contribution is -0.275. The van der Waals surface area contributed by atoms with E-state index in [9.17, 15) is 27.2 Å². The Hall–Kier alpha value is -3.15. The molecule has 1 amide bonds. The molecule has 0 unspecified atom stereocenters. The van der Waals surface area contributed by atoms with Crippen LogP contribution < -0.4 is 20.5 Å². The van der Waals surface area contributed by atoms with E-state index in [1.807, 2.05) is 4.90 Å². The zero-order chi connectivity index (χ0) is 22.6. The molecular formula is C19H20F4N4O4. The number of aromatic amines is 1. The van der Waals surface area contributed by atoms with Crippen molar-refractivity contribution in [2.75, 3.05) is 31.7 Å². The van der Waals surface area contributed by atoms with Crippen molar-refractivity contribution in [2.45, 2.75) is 25.2 Å². The van der Waals surface area contributed by atoms with E-state index in [4.69, 9.17) is 4.74 Å². The summed E-state index contributed by atoms with van der Waals surface area (Å²) in [6.07, 6.45) is -3.16. The largest absolute Gasteiger partial charge is 0.573 e. The van der Waals surface area contributed by atoms with Crippen molar-refractivity contribution in [1.29, 1.82) is 0 Å². The summed E-state index contributed by atoms with van der Waals surface area (Å²) in [6.45, 7) is 1.30. The highest BCUT2D eigenvalue weighted by Gasteiger charge is 2.32. The highest BCUT2D eigenvalue weighted by atomic mass is 19.4. The monoisotopic (exact) mass is 444 g/mol. The molecule has 0 aliphatic carbocycles. The molecule has 2 N–H and O–H groups in total. The van der Waals surface area contributed by atoms with Crippen molar-refractivity contribution in [3.63, 3.8) is 0 Å². The van der Waals surface area contributed by atoms with Crippen molar-refractivity contribution in [1.82, 2.24) is 15.3 Å². The lowest BCUT2D eigenvalue weighted by Gasteiger charge is -2.20. The van der Waals surface area contributed by atoms with Crippen LogP contribution >= 0.6 is 0 Å². The Balaban J connectivity index is 1.81. The average Bonchev–Trinajstić information content (AvgIpc) is 3.22. The van der Waals surface area contributed by atoms with E-state index in [0.29, 0.717) is 13.1 Å². The summed E-state index contributed by atoms with van der Waals surface area (Å²) in [6, 6.07) is 2.91. The maximum atomic E-state index is 14.1. The molecule has 2 heterocycles. The summed E-state index contributed by atoms with van der Waals surface area (Å²) in [7, 11) is 1.34. The van der Waals surface area contributed by atoms with Gasteiger partial charge in [0.25, 0.3) is 11.5 Å². The van der Waals surface area contributed by atoms with Gasteiger partial charge in [-0.05, 0) is 30.5 Å². The molecule has 1 aromatic carbocycles. The van der Waals surface area contributed by atoms with Crippen LogP contribution in [0.3, 0.4) is 0 Å². The summed E-state index contributed by atoms with van der Waals surface area (Å²) in [4.78, 5) is 33.3. The van der Waals surface area contributed by atoms with Gasteiger partial charge in [-0.2, -0.15) is 0 Å². The summed E-state index contributed by atoms with van der Waals surface area (Å²) in [5.41, 5.74) is -0.513. The molecule has 0 bridgehead atoms. The Labute approximate surface area is 174 Å². The van der Waals surface area contributed by atoms with Gasteiger partial charge < -0.3 is 19.7 Å². The standard InChI is InChI=1S/C19H20F4N4O4/c1-30-10-14(11-4-5-15(12(20)8-11)31-19(21,22)23)24-17(29)13-9-16(28)26-18(25-13)27-6-2-3-7-27/h4-5,8-9,14H,2-3,6-7,10H2,1H3,(H,24,29)(H,25,26,28)/t14-/m1/s1. The number of alkyl halides is 3. The summed E-state index contributed by atoms with van der Waals surface area (Å²) in [5, 5.41) is 2.56. The lowest BCUT2D eigenvalue weighted by Crippen LogP contribution is -2.34. The Morgan fingerprint density at radius 3 is 2.61 bits per heavy atom. The third-order valence-electron chi connectivity index (χ3n) is 4.59. The van der Waals surface area contributed by atoms with E-state index >= 15 is 0 Å². The molecule has 3 rings (SSSR count). The quantitative estimate of drug-likeness (QED) is 0.638. The number of anilines is 1. The number of amides is 1. The lowest BCUT2D eigenvalue weighted by atomic mass is 10.1. The average molecular weight is 444 g/mol. The number of H-pyrrole nitrogens is 1. The first-order chi connectivity index (χ1) is 14.7. The van der Waals surface area contributed by atoms with Gasteiger partial charge in [-0.1, -0.05) is 6.07 Å². The Kier molecular flexibility index (Phi) is 6.78. The van der Waals surface area contributed by atoms with Crippen molar-refractivity contribution < 1.29 is 31.8 Å². The van der Waals surface area contributed by atoms with Gasteiger partial charge in [-0.25, -0.2) is 9.37 Å². The summed E-state index contributed by atoms with van der Waals surface area (Å²) < 4.78 is 59.7. The van der Waals surface area contributed by atoms with E-state index in [-0.39, 0.29) is 23.8 Å². The van der Waals surface area contributed by atoms with Gasteiger partial charge in [0.2, 0.25) is 5.95 Å². The molecule has 12 heteroatoms. The Morgan fingerprint density at radius 1 is 1.29 bits per heavy atom. The number of hydrogen-bond acceptors (Lipinski definition) is 6. The number of hydrogen-bond donors (Lipinski definition) is 2. The van der Waals surface area contributed by atoms with Crippen LogP contribution in [-0.4, -0.2) is 49.0 Å². The molecule has 0 spiro atoms. The van der Waals surface area contributed by atoms with E-state index in [2.05, 4.69) is 20.0 Å². The number of aromatic nitrogens is 2. The Bertz CT molecular complexity index is 990. The minimum Gasteiger partial charge on any atom is -0.403 e. The molecular weight excluding hydrogens is 424 g/mol. The zero-order valence-electron chi connectivity index (χ0n) is 16.5. The van der Waals surface area contributed by atoms with Crippen LogP contribution in [0.2, 0.25) is 0 Å². The van der Waals surface area contributed by atoms with Crippen LogP contribution in [0.4, 0.5) is 23.5 Å². The van der Waals surface area contributed by atoms with Crippen LogP contribution in [0, 0.1) is 5.82 Å². The molecule has 0 saturated carbocycles. The number of carbonyl (C=O) groups is 1. The van der Waals surface area contributed by atoms with Gasteiger partial charge in [0.15, 0.2) is 11.6 Å². The smallest absolute Gasteiger partial charge is 0.403 e. The number of rotatable bonds is 7. The number of carbonyl (C=O) groups excluding carboxylic acids is 1. The molecule has 1 fully saturated rings. The van der Waals surface area contributed by atoms with Gasteiger partial charge in [0.1, 0.15) is 5.69 Å².